The Balaban J connectivity index is 2.49. The van der Waals surface area contributed by atoms with E-state index in [0.717, 1.165) is 16.8 Å². The number of nitrogens with two attached hydrogens (primary N) is 1. The summed E-state index contributed by atoms with van der Waals surface area (Å²) in [5.74, 6) is 4.86. The lowest BCUT2D eigenvalue weighted by molar-refractivity contribution is -0.384. The zero-order valence-electron chi connectivity index (χ0n) is 9.63. The Kier molecular flexibility index (Phi) is 3.28. The first-order valence-corrected chi connectivity index (χ1v) is 5.06. The standard InChI is InChI=1S/C9H7F3N6O2/c10-9(11,12)5-3-14-17(4-5)8-2-6(18(19)20)1-7(15-8)16-13/h1-4H,13H2,(H,15,16). The molecule has 0 atom stereocenters. The first-order valence-electron chi connectivity index (χ1n) is 5.06. The van der Waals surface area contributed by atoms with Gasteiger partial charge < -0.3 is 5.43 Å². The highest BCUT2D eigenvalue weighted by atomic mass is 19.4. The monoisotopic (exact) mass is 288 g/mol. The van der Waals surface area contributed by atoms with Crippen LogP contribution in [0.3, 0.4) is 0 Å². The molecule has 8 nitrogen and oxygen atoms in total. The van der Waals surface area contributed by atoms with E-state index in [9.17, 15) is 23.3 Å². The summed E-state index contributed by atoms with van der Waals surface area (Å²) in [6.07, 6.45) is -3.30. The van der Waals surface area contributed by atoms with Gasteiger partial charge in [-0.25, -0.2) is 15.5 Å². The average Bonchev–Trinajstić information content (AvgIpc) is 2.87. The lowest BCUT2D eigenvalue weighted by atomic mass is 10.3. The summed E-state index contributed by atoms with van der Waals surface area (Å²) >= 11 is 0. The van der Waals surface area contributed by atoms with Gasteiger partial charge in [-0.05, 0) is 0 Å². The van der Waals surface area contributed by atoms with Crippen LogP contribution < -0.4 is 11.3 Å². The van der Waals surface area contributed by atoms with Crippen molar-refractivity contribution in [2.45, 2.75) is 6.18 Å². The van der Waals surface area contributed by atoms with Crippen LogP contribution in [-0.4, -0.2) is 19.7 Å². The first-order chi connectivity index (χ1) is 9.31. The number of alkyl halides is 3. The van der Waals surface area contributed by atoms with Gasteiger partial charge in [0, 0.05) is 6.20 Å². The normalized spacial score (nSPS) is 11.4. The number of hydrazine groups is 1. The number of halogens is 3. The third-order valence-corrected chi connectivity index (χ3v) is 2.30. The number of hydrogen-bond donors (Lipinski definition) is 2. The highest BCUT2D eigenvalue weighted by Crippen LogP contribution is 2.29. The Morgan fingerprint density at radius 2 is 2.10 bits per heavy atom. The minimum atomic E-state index is -4.56. The lowest BCUT2D eigenvalue weighted by Gasteiger charge is -2.04. The fraction of sp³-hybridized carbons (Fsp3) is 0.111. The number of nitrogens with zero attached hydrogens (tertiary/aromatic N) is 4. The van der Waals surface area contributed by atoms with Crippen molar-refractivity contribution in [1.29, 1.82) is 0 Å². The fourth-order valence-corrected chi connectivity index (χ4v) is 1.39. The van der Waals surface area contributed by atoms with Gasteiger partial charge in [0.05, 0.1) is 28.8 Å². The second-order valence-corrected chi connectivity index (χ2v) is 3.64. The van der Waals surface area contributed by atoms with Crippen molar-refractivity contribution < 1.29 is 18.1 Å². The van der Waals surface area contributed by atoms with E-state index in [1.54, 1.807) is 0 Å². The molecule has 3 N–H and O–H groups in total. The summed E-state index contributed by atoms with van der Waals surface area (Å²) in [4.78, 5) is 13.8. The Hall–Kier alpha value is -2.69. The van der Waals surface area contributed by atoms with Crippen molar-refractivity contribution in [2.24, 2.45) is 5.84 Å². The number of rotatable bonds is 3. The van der Waals surface area contributed by atoms with E-state index in [2.05, 4.69) is 15.5 Å². The number of aromatic nitrogens is 3. The van der Waals surface area contributed by atoms with Crippen LogP contribution >= 0.6 is 0 Å². The van der Waals surface area contributed by atoms with E-state index < -0.39 is 16.7 Å². The molecule has 0 radical (unpaired) electrons. The predicted octanol–water partition coefficient (Wildman–Crippen LogP) is 1.48. The Morgan fingerprint density at radius 3 is 2.60 bits per heavy atom. The molecule has 2 aromatic heterocycles. The van der Waals surface area contributed by atoms with Crippen molar-refractivity contribution in [1.82, 2.24) is 14.8 Å². The quantitative estimate of drug-likeness (QED) is 0.502. The summed E-state index contributed by atoms with van der Waals surface area (Å²) in [5, 5.41) is 14.2. The van der Waals surface area contributed by atoms with Gasteiger partial charge in [0.15, 0.2) is 5.82 Å². The molecule has 0 saturated heterocycles. The fourth-order valence-electron chi connectivity index (χ4n) is 1.39. The van der Waals surface area contributed by atoms with Crippen molar-refractivity contribution >= 4 is 11.5 Å². The Labute approximate surface area is 109 Å². The molecule has 0 spiro atoms. The Morgan fingerprint density at radius 1 is 1.40 bits per heavy atom. The van der Waals surface area contributed by atoms with Gasteiger partial charge in [-0.15, -0.1) is 0 Å². The van der Waals surface area contributed by atoms with Crippen molar-refractivity contribution in [3.8, 4) is 5.82 Å². The van der Waals surface area contributed by atoms with Gasteiger partial charge in [-0.3, -0.25) is 10.1 Å². The molecule has 0 aliphatic heterocycles. The number of nitrogens with one attached hydrogen (secondary N) is 1. The van der Waals surface area contributed by atoms with Crippen LogP contribution in [0.1, 0.15) is 5.56 Å². The zero-order valence-corrected chi connectivity index (χ0v) is 9.63. The number of nitrogen functional groups attached to an aromatic ring is 1. The van der Waals surface area contributed by atoms with Gasteiger partial charge in [-0.2, -0.15) is 18.3 Å². The molecule has 2 heterocycles. The molecule has 0 aliphatic carbocycles. The summed E-state index contributed by atoms with van der Waals surface area (Å²) in [7, 11) is 0. The molecule has 2 aromatic rings. The second-order valence-electron chi connectivity index (χ2n) is 3.64. The largest absolute Gasteiger partial charge is 0.419 e. The molecular weight excluding hydrogens is 281 g/mol. The number of hydrogen-bond acceptors (Lipinski definition) is 6. The maximum Gasteiger partial charge on any atom is 0.419 e. The molecule has 0 bridgehead atoms. The third-order valence-electron chi connectivity index (χ3n) is 2.30. The van der Waals surface area contributed by atoms with E-state index >= 15 is 0 Å². The van der Waals surface area contributed by atoms with Crippen molar-refractivity contribution in [3.05, 3.63) is 40.2 Å². The van der Waals surface area contributed by atoms with Crippen LogP contribution in [0.15, 0.2) is 24.5 Å². The minimum absolute atomic E-state index is 0.0711. The van der Waals surface area contributed by atoms with Gasteiger partial charge in [-0.1, -0.05) is 0 Å². The SMILES string of the molecule is NNc1cc([N+](=O)[O-])cc(-n2cc(C(F)(F)F)cn2)n1. The summed E-state index contributed by atoms with van der Waals surface area (Å²) in [5.41, 5.74) is 0.716. The molecule has 0 amide bonds. The van der Waals surface area contributed by atoms with Crippen molar-refractivity contribution in [2.75, 3.05) is 5.43 Å². The molecule has 20 heavy (non-hydrogen) atoms. The van der Waals surface area contributed by atoms with Crippen LogP contribution in [0.5, 0.6) is 0 Å². The lowest BCUT2D eigenvalue weighted by Crippen LogP contribution is -2.11. The predicted molar refractivity (Wildman–Crippen MR) is 60.8 cm³/mol. The van der Waals surface area contributed by atoms with Crippen LogP contribution in [0, 0.1) is 10.1 Å². The molecule has 0 aliphatic rings. The molecule has 11 heteroatoms. The zero-order chi connectivity index (χ0) is 14.9. The Bertz CT molecular complexity index is 653. The van der Waals surface area contributed by atoms with E-state index in [0.29, 0.717) is 12.4 Å². The summed E-state index contributed by atoms with van der Waals surface area (Å²) in [6, 6.07) is 2.02. The maximum absolute atomic E-state index is 12.5. The van der Waals surface area contributed by atoms with E-state index in [1.807, 2.05) is 0 Å². The van der Waals surface area contributed by atoms with Crippen LogP contribution in [-0.2, 0) is 6.18 Å². The van der Waals surface area contributed by atoms with Gasteiger partial charge in [0.25, 0.3) is 5.69 Å². The molecule has 0 fully saturated rings. The van der Waals surface area contributed by atoms with E-state index in [1.165, 1.54) is 0 Å². The van der Waals surface area contributed by atoms with Crippen LogP contribution in [0.25, 0.3) is 5.82 Å². The third kappa shape index (κ3) is 2.66. The maximum atomic E-state index is 12.5. The highest BCUT2D eigenvalue weighted by molar-refractivity contribution is 5.49. The molecule has 0 aromatic carbocycles. The molecule has 0 unspecified atom stereocenters. The van der Waals surface area contributed by atoms with Crippen molar-refractivity contribution in [3.63, 3.8) is 0 Å². The summed E-state index contributed by atoms with van der Waals surface area (Å²) in [6.45, 7) is 0. The minimum Gasteiger partial charge on any atom is -0.308 e. The van der Waals surface area contributed by atoms with Gasteiger partial charge in [0.2, 0.25) is 0 Å². The van der Waals surface area contributed by atoms with Crippen LogP contribution in [0.4, 0.5) is 24.7 Å². The van der Waals surface area contributed by atoms with Gasteiger partial charge in [0.1, 0.15) is 5.82 Å². The number of anilines is 1. The number of nitro groups is 1. The highest BCUT2D eigenvalue weighted by Gasteiger charge is 2.32. The summed E-state index contributed by atoms with van der Waals surface area (Å²) < 4.78 is 38.1. The number of pyridine rings is 1. The smallest absolute Gasteiger partial charge is 0.308 e. The van der Waals surface area contributed by atoms with E-state index in [4.69, 9.17) is 5.84 Å². The first kappa shape index (κ1) is 13.7. The second kappa shape index (κ2) is 4.77. The van der Waals surface area contributed by atoms with E-state index in [-0.39, 0.29) is 17.3 Å². The van der Waals surface area contributed by atoms with Crippen LogP contribution in [0.2, 0.25) is 0 Å². The molecule has 106 valence electrons. The average molecular weight is 288 g/mol. The molecular formula is C9H7F3N6O2. The topological polar surface area (TPSA) is 112 Å². The molecule has 2 rings (SSSR count). The van der Waals surface area contributed by atoms with Gasteiger partial charge >= 0.3 is 6.18 Å². The molecule has 0 saturated carbocycles.